The summed E-state index contributed by atoms with van der Waals surface area (Å²) in [6.45, 7) is 2.53. The van der Waals surface area contributed by atoms with Crippen LogP contribution in [0.1, 0.15) is 6.92 Å². The van der Waals surface area contributed by atoms with E-state index in [1.54, 1.807) is 12.1 Å². The van der Waals surface area contributed by atoms with Crippen molar-refractivity contribution in [1.29, 1.82) is 0 Å². The molecule has 1 heterocycles. The van der Waals surface area contributed by atoms with E-state index >= 15 is 0 Å². The number of halogens is 1. The van der Waals surface area contributed by atoms with Crippen molar-refractivity contribution >= 4 is 33.0 Å². The Hall–Kier alpha value is -0.930. The minimum absolute atomic E-state index is 0.274. The largest absolute Gasteiger partial charge is 0.499 e. The van der Waals surface area contributed by atoms with Gasteiger partial charge in [0, 0.05) is 11.5 Å². The van der Waals surface area contributed by atoms with Gasteiger partial charge in [-0.2, -0.15) is 0 Å². The predicted molar refractivity (Wildman–Crippen MR) is 59.7 cm³/mol. The Bertz CT molecular complexity index is 464. The summed E-state index contributed by atoms with van der Waals surface area (Å²) < 4.78 is 6.24. The molecule has 0 unspecified atom stereocenters. The first kappa shape index (κ1) is 9.62. The molecule has 1 N–H and O–H groups in total. The number of hydrogen-bond donors (Lipinski definition) is 1. The van der Waals surface area contributed by atoms with E-state index in [1.165, 1.54) is 11.3 Å². The number of hydrogen-bond acceptors (Lipinski definition) is 3. The van der Waals surface area contributed by atoms with E-state index in [2.05, 4.69) is 0 Å². The maximum absolute atomic E-state index is 9.32. The molecule has 0 aliphatic rings. The van der Waals surface area contributed by atoms with Crippen molar-refractivity contribution in [2.45, 2.75) is 6.92 Å². The molecule has 74 valence electrons. The second-order valence-electron chi connectivity index (χ2n) is 2.84. The van der Waals surface area contributed by atoms with Crippen LogP contribution in [0.2, 0.25) is 5.02 Å². The molecule has 0 saturated heterocycles. The zero-order chi connectivity index (χ0) is 10.1. The summed E-state index contributed by atoms with van der Waals surface area (Å²) in [5.41, 5.74) is 0. The van der Waals surface area contributed by atoms with E-state index in [-0.39, 0.29) is 5.06 Å². The molecule has 2 aromatic rings. The maximum Gasteiger partial charge on any atom is 0.172 e. The molecule has 0 spiro atoms. The number of thiophene rings is 1. The minimum atomic E-state index is 0.274. The molecule has 0 aliphatic heterocycles. The van der Waals surface area contributed by atoms with Crippen LogP contribution in [0, 0.1) is 0 Å². The molecular formula is C10H9ClO2S. The lowest BCUT2D eigenvalue weighted by molar-refractivity contribution is 0.341. The van der Waals surface area contributed by atoms with E-state index in [4.69, 9.17) is 16.3 Å². The molecule has 1 aromatic carbocycles. The van der Waals surface area contributed by atoms with Crippen LogP contribution in [-0.4, -0.2) is 11.7 Å². The number of fused-ring (bicyclic) bond motifs is 1. The standard InChI is InChI=1S/C10H9ClO2S/c1-2-13-7-3-6-4-9(12)14-10(6)8(11)5-7/h3-5,12H,2H2,1H3. The summed E-state index contributed by atoms with van der Waals surface area (Å²) in [6, 6.07) is 5.33. The monoisotopic (exact) mass is 228 g/mol. The molecule has 0 radical (unpaired) electrons. The molecule has 0 atom stereocenters. The van der Waals surface area contributed by atoms with Gasteiger partial charge in [0.05, 0.1) is 16.3 Å². The maximum atomic E-state index is 9.32. The predicted octanol–water partition coefficient (Wildman–Crippen LogP) is 3.66. The Balaban J connectivity index is 2.59. The third kappa shape index (κ3) is 1.65. The van der Waals surface area contributed by atoms with E-state index in [1.807, 2.05) is 13.0 Å². The SMILES string of the molecule is CCOc1cc(Cl)c2sc(O)cc2c1. The fraction of sp³-hybridized carbons (Fsp3) is 0.200. The van der Waals surface area contributed by atoms with Gasteiger partial charge in [0.2, 0.25) is 0 Å². The topological polar surface area (TPSA) is 29.5 Å². The molecule has 0 aliphatic carbocycles. The second kappa shape index (κ2) is 3.67. The summed E-state index contributed by atoms with van der Waals surface area (Å²) in [6.07, 6.45) is 0. The number of rotatable bonds is 2. The summed E-state index contributed by atoms with van der Waals surface area (Å²) in [5, 5.41) is 11.1. The van der Waals surface area contributed by atoms with E-state index in [0.29, 0.717) is 11.6 Å². The first-order chi connectivity index (χ1) is 6.70. The van der Waals surface area contributed by atoms with Gasteiger partial charge in [0.25, 0.3) is 0 Å². The highest BCUT2D eigenvalue weighted by Gasteiger charge is 2.07. The van der Waals surface area contributed by atoms with Gasteiger partial charge in [0.1, 0.15) is 5.75 Å². The van der Waals surface area contributed by atoms with E-state index in [9.17, 15) is 5.11 Å². The van der Waals surface area contributed by atoms with E-state index < -0.39 is 0 Å². The molecule has 0 saturated carbocycles. The van der Waals surface area contributed by atoms with Crippen molar-refractivity contribution in [2.75, 3.05) is 6.61 Å². The lowest BCUT2D eigenvalue weighted by Crippen LogP contribution is -1.90. The van der Waals surface area contributed by atoms with Gasteiger partial charge in [-0.25, -0.2) is 0 Å². The summed E-state index contributed by atoms with van der Waals surface area (Å²) >= 11 is 7.30. The fourth-order valence-corrected chi connectivity index (χ4v) is 2.44. The van der Waals surface area contributed by atoms with Crippen molar-refractivity contribution in [3.05, 3.63) is 23.2 Å². The number of ether oxygens (including phenoxy) is 1. The summed E-state index contributed by atoms with van der Waals surface area (Å²) in [4.78, 5) is 0. The smallest absolute Gasteiger partial charge is 0.172 e. The highest BCUT2D eigenvalue weighted by atomic mass is 35.5. The average molecular weight is 229 g/mol. The van der Waals surface area contributed by atoms with Crippen LogP contribution in [0.15, 0.2) is 18.2 Å². The van der Waals surface area contributed by atoms with Crippen LogP contribution < -0.4 is 4.74 Å². The quantitative estimate of drug-likeness (QED) is 0.850. The van der Waals surface area contributed by atoms with Gasteiger partial charge in [-0.15, -0.1) is 0 Å². The van der Waals surface area contributed by atoms with Gasteiger partial charge in [-0.05, 0) is 19.1 Å². The molecule has 0 amide bonds. The number of aromatic hydroxyl groups is 1. The van der Waals surface area contributed by atoms with Gasteiger partial charge in [-0.1, -0.05) is 22.9 Å². The molecule has 14 heavy (non-hydrogen) atoms. The fourth-order valence-electron chi connectivity index (χ4n) is 1.32. The molecule has 2 nitrogen and oxygen atoms in total. The van der Waals surface area contributed by atoms with Crippen LogP contribution in [-0.2, 0) is 0 Å². The second-order valence-corrected chi connectivity index (χ2v) is 4.28. The van der Waals surface area contributed by atoms with Crippen molar-refractivity contribution in [1.82, 2.24) is 0 Å². The Kier molecular flexibility index (Phi) is 2.52. The number of benzene rings is 1. The lowest BCUT2D eigenvalue weighted by atomic mass is 10.2. The average Bonchev–Trinajstić information content (AvgIpc) is 2.47. The zero-order valence-corrected chi connectivity index (χ0v) is 9.15. The van der Waals surface area contributed by atoms with Crippen molar-refractivity contribution in [2.24, 2.45) is 0 Å². The van der Waals surface area contributed by atoms with Crippen molar-refractivity contribution < 1.29 is 9.84 Å². The van der Waals surface area contributed by atoms with Crippen molar-refractivity contribution in [3.63, 3.8) is 0 Å². The lowest BCUT2D eigenvalue weighted by Gasteiger charge is -2.03. The Morgan fingerprint density at radius 3 is 2.93 bits per heavy atom. The van der Waals surface area contributed by atoms with Crippen LogP contribution in [0.25, 0.3) is 10.1 Å². The Labute approximate surface area is 90.7 Å². The Morgan fingerprint density at radius 2 is 2.21 bits per heavy atom. The van der Waals surface area contributed by atoms with Gasteiger partial charge in [0.15, 0.2) is 5.06 Å². The highest BCUT2D eigenvalue weighted by molar-refractivity contribution is 7.21. The third-order valence-corrected chi connectivity index (χ3v) is 3.24. The molecule has 1 aromatic heterocycles. The molecule has 2 rings (SSSR count). The molecular weight excluding hydrogens is 220 g/mol. The van der Waals surface area contributed by atoms with Crippen LogP contribution in [0.5, 0.6) is 10.8 Å². The third-order valence-electron chi connectivity index (χ3n) is 1.84. The van der Waals surface area contributed by atoms with Crippen LogP contribution in [0.3, 0.4) is 0 Å². The summed E-state index contributed by atoms with van der Waals surface area (Å²) in [5.74, 6) is 0.739. The Morgan fingerprint density at radius 1 is 1.43 bits per heavy atom. The zero-order valence-electron chi connectivity index (χ0n) is 7.58. The van der Waals surface area contributed by atoms with Gasteiger partial charge < -0.3 is 9.84 Å². The molecule has 0 bridgehead atoms. The van der Waals surface area contributed by atoms with Crippen molar-refractivity contribution in [3.8, 4) is 10.8 Å². The molecule has 0 fully saturated rings. The highest BCUT2D eigenvalue weighted by Crippen LogP contribution is 2.38. The first-order valence-corrected chi connectivity index (χ1v) is 5.45. The first-order valence-electron chi connectivity index (χ1n) is 4.25. The van der Waals surface area contributed by atoms with Gasteiger partial charge >= 0.3 is 0 Å². The summed E-state index contributed by atoms with van der Waals surface area (Å²) in [7, 11) is 0. The minimum Gasteiger partial charge on any atom is -0.499 e. The van der Waals surface area contributed by atoms with Crippen LogP contribution in [0.4, 0.5) is 0 Å². The molecule has 4 heteroatoms. The van der Waals surface area contributed by atoms with Crippen LogP contribution >= 0.6 is 22.9 Å². The normalized spacial score (nSPS) is 10.7. The van der Waals surface area contributed by atoms with Gasteiger partial charge in [-0.3, -0.25) is 0 Å². The van der Waals surface area contributed by atoms with E-state index in [0.717, 1.165) is 15.8 Å².